The van der Waals surface area contributed by atoms with Crippen LogP contribution in [0.3, 0.4) is 0 Å². The minimum atomic E-state index is -0.219. The largest absolute Gasteiger partial charge is 0.326 e. The van der Waals surface area contributed by atoms with Crippen LogP contribution in [0.5, 0.6) is 0 Å². The molecule has 2 heterocycles. The molecule has 0 saturated heterocycles. The van der Waals surface area contributed by atoms with Crippen molar-refractivity contribution < 1.29 is 4.79 Å². The van der Waals surface area contributed by atoms with E-state index in [2.05, 4.69) is 15.4 Å². The molecule has 0 saturated carbocycles. The average molecular weight is 415 g/mol. The summed E-state index contributed by atoms with van der Waals surface area (Å²) >= 11 is 0. The summed E-state index contributed by atoms with van der Waals surface area (Å²) in [6.07, 6.45) is 0.433. The minimum absolute atomic E-state index is 0.146. The topological polar surface area (TPSA) is 81.8 Å². The molecular weight excluding hydrogens is 390 g/mol. The number of rotatable bonds is 5. The van der Waals surface area contributed by atoms with E-state index in [4.69, 9.17) is 0 Å². The van der Waals surface area contributed by atoms with Crippen LogP contribution >= 0.6 is 0 Å². The lowest BCUT2D eigenvalue weighted by molar-refractivity contribution is -0.116. The van der Waals surface area contributed by atoms with Crippen LogP contribution in [0.4, 0.5) is 5.69 Å². The molecule has 1 amide bonds. The number of aryl methyl sites for hydroxylation is 5. The van der Waals surface area contributed by atoms with Crippen LogP contribution in [-0.2, 0) is 18.3 Å². The third kappa shape index (κ3) is 3.99. The van der Waals surface area contributed by atoms with Gasteiger partial charge in [-0.2, -0.15) is 5.10 Å². The molecule has 0 atom stereocenters. The molecule has 4 rings (SSSR count). The van der Waals surface area contributed by atoms with Gasteiger partial charge >= 0.3 is 0 Å². The van der Waals surface area contributed by atoms with Crippen molar-refractivity contribution in [2.45, 2.75) is 33.6 Å². The summed E-state index contributed by atoms with van der Waals surface area (Å²) in [7, 11) is 1.71. The highest BCUT2D eigenvalue weighted by atomic mass is 16.1. The summed E-state index contributed by atoms with van der Waals surface area (Å²) in [6.45, 7) is 5.84. The van der Waals surface area contributed by atoms with Crippen molar-refractivity contribution in [2.75, 3.05) is 5.32 Å². The second-order valence-corrected chi connectivity index (χ2v) is 7.79. The van der Waals surface area contributed by atoms with Crippen LogP contribution in [0.15, 0.2) is 53.3 Å². The number of para-hydroxylation sites is 1. The van der Waals surface area contributed by atoms with Gasteiger partial charge in [0.05, 0.1) is 11.4 Å². The molecule has 4 aromatic rings. The molecule has 31 heavy (non-hydrogen) atoms. The fourth-order valence-electron chi connectivity index (χ4n) is 3.72. The number of nitrogens with one attached hydrogen (secondary N) is 1. The summed E-state index contributed by atoms with van der Waals surface area (Å²) in [5, 5.41) is 7.51. The maximum Gasteiger partial charge on any atom is 0.273 e. The van der Waals surface area contributed by atoms with Gasteiger partial charge in [0, 0.05) is 25.6 Å². The third-order valence-electron chi connectivity index (χ3n) is 5.37. The summed E-state index contributed by atoms with van der Waals surface area (Å²) in [5.41, 5.74) is 5.97. The normalized spacial score (nSPS) is 11.1. The van der Waals surface area contributed by atoms with Gasteiger partial charge in [-0.05, 0) is 44.5 Å². The van der Waals surface area contributed by atoms with E-state index < -0.39 is 0 Å². The fourth-order valence-corrected chi connectivity index (χ4v) is 3.72. The molecule has 7 nitrogen and oxygen atoms in total. The lowest BCUT2D eigenvalue weighted by Crippen LogP contribution is -2.25. The summed E-state index contributed by atoms with van der Waals surface area (Å²) < 4.78 is 3.29. The summed E-state index contributed by atoms with van der Waals surface area (Å²) in [4.78, 5) is 30.0. The van der Waals surface area contributed by atoms with Crippen molar-refractivity contribution in [1.82, 2.24) is 19.3 Å². The number of hydrogen-bond donors (Lipinski definition) is 1. The molecule has 0 fully saturated rings. The van der Waals surface area contributed by atoms with Gasteiger partial charge in [-0.3, -0.25) is 14.2 Å². The van der Waals surface area contributed by atoms with Crippen LogP contribution in [0, 0.1) is 20.8 Å². The number of fused-ring (bicyclic) bond motifs is 1. The molecule has 7 heteroatoms. The van der Waals surface area contributed by atoms with Crippen molar-refractivity contribution in [1.29, 1.82) is 0 Å². The Balaban J connectivity index is 1.60. The first-order chi connectivity index (χ1) is 14.8. The van der Waals surface area contributed by atoms with Gasteiger partial charge in [0.25, 0.3) is 5.56 Å². The lowest BCUT2D eigenvalue weighted by atomic mass is 10.1. The molecule has 158 valence electrons. The first-order valence-corrected chi connectivity index (χ1v) is 10.2. The number of benzene rings is 2. The van der Waals surface area contributed by atoms with Crippen LogP contribution in [0.1, 0.15) is 28.9 Å². The first-order valence-electron chi connectivity index (χ1n) is 10.2. The molecule has 2 aromatic heterocycles. The number of anilines is 1. The second kappa shape index (κ2) is 8.18. The Morgan fingerprint density at radius 1 is 1.06 bits per heavy atom. The van der Waals surface area contributed by atoms with E-state index >= 15 is 0 Å². The highest BCUT2D eigenvalue weighted by molar-refractivity contribution is 5.91. The van der Waals surface area contributed by atoms with Crippen molar-refractivity contribution in [2.24, 2.45) is 7.05 Å². The second-order valence-electron chi connectivity index (χ2n) is 7.79. The van der Waals surface area contributed by atoms with Gasteiger partial charge in [-0.25, -0.2) is 9.67 Å². The van der Waals surface area contributed by atoms with E-state index in [9.17, 15) is 9.59 Å². The fraction of sp³-hybridized carbons (Fsp3) is 0.250. The highest BCUT2D eigenvalue weighted by Gasteiger charge is 2.18. The van der Waals surface area contributed by atoms with E-state index in [0.717, 1.165) is 28.2 Å². The summed E-state index contributed by atoms with van der Waals surface area (Å²) in [6, 6.07) is 15.5. The minimum Gasteiger partial charge on any atom is -0.326 e. The van der Waals surface area contributed by atoms with Crippen LogP contribution in [-0.4, -0.2) is 25.2 Å². The molecular formula is C24H25N5O2. The van der Waals surface area contributed by atoms with Crippen LogP contribution in [0.2, 0.25) is 0 Å². The standard InChI is InChI=1S/C24H25N5O2/c1-15-10-11-19(16(2)14-15)25-21(30)13-12-20-24(31)28(4)23-22(26-20)17(3)27-29(23)18-8-6-5-7-9-18/h5-11,14H,12-13H2,1-4H3,(H,25,30). The van der Waals surface area contributed by atoms with Crippen LogP contribution < -0.4 is 10.9 Å². The average Bonchev–Trinajstić information content (AvgIpc) is 3.09. The predicted octanol–water partition coefficient (Wildman–Crippen LogP) is 3.62. The van der Waals surface area contributed by atoms with Crippen molar-refractivity contribution >= 4 is 22.8 Å². The van der Waals surface area contributed by atoms with E-state index in [1.165, 1.54) is 0 Å². The van der Waals surface area contributed by atoms with E-state index in [1.54, 1.807) is 16.3 Å². The number of carbonyl (C=O) groups excluding carboxylic acids is 1. The molecule has 1 N–H and O–H groups in total. The maximum absolute atomic E-state index is 13.0. The van der Waals surface area contributed by atoms with Gasteiger partial charge in [0.15, 0.2) is 5.65 Å². The highest BCUT2D eigenvalue weighted by Crippen LogP contribution is 2.20. The van der Waals surface area contributed by atoms with Crippen molar-refractivity contribution in [3.05, 3.63) is 81.4 Å². The lowest BCUT2D eigenvalue weighted by Gasteiger charge is -2.10. The number of aromatic nitrogens is 4. The number of nitrogens with zero attached hydrogens (tertiary/aromatic N) is 4. The zero-order chi connectivity index (χ0) is 22.1. The molecule has 0 radical (unpaired) electrons. The summed E-state index contributed by atoms with van der Waals surface area (Å²) in [5.74, 6) is -0.146. The van der Waals surface area contributed by atoms with Crippen LogP contribution in [0.25, 0.3) is 16.9 Å². The van der Waals surface area contributed by atoms with E-state index in [-0.39, 0.29) is 24.3 Å². The Bertz CT molecular complexity index is 1340. The monoisotopic (exact) mass is 415 g/mol. The molecule has 0 unspecified atom stereocenters. The Morgan fingerprint density at radius 2 is 1.81 bits per heavy atom. The maximum atomic E-state index is 13.0. The zero-order valence-electron chi connectivity index (χ0n) is 18.1. The SMILES string of the molecule is Cc1ccc(NC(=O)CCc2nc3c(C)nn(-c4ccccc4)c3n(C)c2=O)c(C)c1. The van der Waals surface area contributed by atoms with E-state index in [1.807, 2.05) is 69.3 Å². The zero-order valence-corrected chi connectivity index (χ0v) is 18.1. The van der Waals surface area contributed by atoms with Crippen molar-refractivity contribution in [3.63, 3.8) is 0 Å². The van der Waals surface area contributed by atoms with Crippen molar-refractivity contribution in [3.8, 4) is 5.69 Å². The number of hydrogen-bond acceptors (Lipinski definition) is 4. The van der Waals surface area contributed by atoms with Gasteiger partial charge in [0.2, 0.25) is 5.91 Å². The molecule has 0 bridgehead atoms. The molecule has 0 aliphatic carbocycles. The number of amides is 1. The molecule has 2 aromatic carbocycles. The first kappa shape index (κ1) is 20.5. The Kier molecular flexibility index (Phi) is 5.42. The predicted molar refractivity (Wildman–Crippen MR) is 122 cm³/mol. The Morgan fingerprint density at radius 3 is 2.52 bits per heavy atom. The van der Waals surface area contributed by atoms with E-state index in [0.29, 0.717) is 16.9 Å². The quantitative estimate of drug-likeness (QED) is 0.540. The smallest absolute Gasteiger partial charge is 0.273 e. The molecule has 0 spiro atoms. The van der Waals surface area contributed by atoms with Gasteiger partial charge < -0.3 is 5.32 Å². The van der Waals surface area contributed by atoms with Gasteiger partial charge in [-0.1, -0.05) is 35.9 Å². The number of carbonyl (C=O) groups is 1. The Hall–Kier alpha value is -3.74. The molecule has 0 aliphatic heterocycles. The van der Waals surface area contributed by atoms with Gasteiger partial charge in [-0.15, -0.1) is 0 Å². The molecule has 0 aliphatic rings. The Labute approximate surface area is 180 Å². The third-order valence-corrected chi connectivity index (χ3v) is 5.37. The van der Waals surface area contributed by atoms with Gasteiger partial charge in [0.1, 0.15) is 11.2 Å².